The molecule has 2 aliphatic heterocycles. The maximum absolute atomic E-state index is 12.0. The molecular formula is C18H18N4O2S. The molecule has 7 heteroatoms. The van der Waals surface area contributed by atoms with Crippen LogP contribution < -0.4 is 15.5 Å². The number of thiocarbonyl (C=S) groups is 1. The molecule has 1 aromatic carbocycles. The van der Waals surface area contributed by atoms with Gasteiger partial charge in [0.25, 0.3) is 5.91 Å². The van der Waals surface area contributed by atoms with Crippen LogP contribution in [-0.4, -0.2) is 42.3 Å². The molecule has 2 aromatic rings. The highest BCUT2D eigenvalue weighted by atomic mass is 32.1. The number of rotatable bonds is 2. The molecule has 0 aliphatic carbocycles. The largest absolute Gasteiger partial charge is 0.378 e. The molecule has 0 bridgehead atoms. The smallest absolute Gasteiger partial charge is 0.273 e. The fourth-order valence-corrected chi connectivity index (χ4v) is 3.26. The fraction of sp³-hybridized carbons (Fsp3) is 0.278. The van der Waals surface area contributed by atoms with Crippen LogP contribution in [0.2, 0.25) is 0 Å². The van der Waals surface area contributed by atoms with Crippen LogP contribution in [0.1, 0.15) is 11.1 Å². The van der Waals surface area contributed by atoms with E-state index in [1.165, 1.54) is 5.56 Å². The zero-order valence-corrected chi connectivity index (χ0v) is 14.7. The van der Waals surface area contributed by atoms with Crippen molar-refractivity contribution >= 4 is 46.0 Å². The third-order valence-corrected chi connectivity index (χ3v) is 4.52. The fourth-order valence-electron chi connectivity index (χ4n) is 3.06. The number of aryl methyl sites for hydroxylation is 1. The molecule has 2 N–H and O–H groups in total. The number of fused-ring (bicyclic) bond motifs is 1. The van der Waals surface area contributed by atoms with Gasteiger partial charge in [0.2, 0.25) is 0 Å². The Morgan fingerprint density at radius 3 is 2.76 bits per heavy atom. The minimum absolute atomic E-state index is 0.220. The van der Waals surface area contributed by atoms with E-state index >= 15 is 0 Å². The van der Waals surface area contributed by atoms with E-state index in [0.29, 0.717) is 24.0 Å². The number of aromatic nitrogens is 1. The number of morpholine rings is 1. The molecule has 4 rings (SSSR count). The van der Waals surface area contributed by atoms with Gasteiger partial charge in [-0.2, -0.15) is 0 Å². The van der Waals surface area contributed by atoms with Crippen LogP contribution in [0, 0.1) is 6.92 Å². The number of ether oxygens (including phenoxy) is 1. The van der Waals surface area contributed by atoms with Gasteiger partial charge < -0.3 is 15.0 Å². The SMILES string of the molecule is Cc1ccc2cc(/C=C3/NC(=S)NC3=O)c(N3CCOCC3)nc2c1. The Morgan fingerprint density at radius 2 is 2.04 bits per heavy atom. The third kappa shape index (κ3) is 3.20. The summed E-state index contributed by atoms with van der Waals surface area (Å²) in [5, 5.41) is 6.85. The van der Waals surface area contributed by atoms with E-state index in [4.69, 9.17) is 21.9 Å². The molecule has 3 heterocycles. The van der Waals surface area contributed by atoms with Crippen LogP contribution in [0.5, 0.6) is 0 Å². The number of hydrogen-bond acceptors (Lipinski definition) is 5. The van der Waals surface area contributed by atoms with Crippen molar-refractivity contribution in [2.45, 2.75) is 6.92 Å². The van der Waals surface area contributed by atoms with Crippen LogP contribution in [0.15, 0.2) is 30.0 Å². The highest BCUT2D eigenvalue weighted by molar-refractivity contribution is 7.80. The van der Waals surface area contributed by atoms with Crippen molar-refractivity contribution in [3.8, 4) is 0 Å². The first kappa shape index (κ1) is 16.0. The van der Waals surface area contributed by atoms with Crippen LogP contribution in [-0.2, 0) is 9.53 Å². The molecule has 2 saturated heterocycles. The van der Waals surface area contributed by atoms with Gasteiger partial charge in [0.1, 0.15) is 11.5 Å². The second-order valence-corrected chi connectivity index (χ2v) is 6.57. The summed E-state index contributed by atoms with van der Waals surface area (Å²) in [6.45, 7) is 4.95. The molecule has 1 amide bonds. The summed E-state index contributed by atoms with van der Waals surface area (Å²) in [5.41, 5.74) is 3.44. The normalized spacial score (nSPS) is 19.4. The molecule has 0 spiro atoms. The number of pyridine rings is 1. The molecule has 0 radical (unpaired) electrons. The average Bonchev–Trinajstić information content (AvgIpc) is 2.92. The second-order valence-electron chi connectivity index (χ2n) is 6.16. The molecule has 0 atom stereocenters. The van der Waals surface area contributed by atoms with Gasteiger partial charge in [0.15, 0.2) is 5.11 Å². The Hall–Kier alpha value is -2.51. The van der Waals surface area contributed by atoms with E-state index in [-0.39, 0.29) is 5.91 Å². The molecule has 2 fully saturated rings. The van der Waals surface area contributed by atoms with Crippen molar-refractivity contribution in [3.63, 3.8) is 0 Å². The van der Waals surface area contributed by atoms with Crippen LogP contribution in [0.3, 0.4) is 0 Å². The maximum atomic E-state index is 12.0. The van der Waals surface area contributed by atoms with Gasteiger partial charge in [-0.1, -0.05) is 12.1 Å². The minimum atomic E-state index is -0.220. The first-order chi connectivity index (χ1) is 12.1. The Bertz CT molecular complexity index is 903. The van der Waals surface area contributed by atoms with Crippen molar-refractivity contribution in [1.29, 1.82) is 0 Å². The van der Waals surface area contributed by atoms with E-state index in [1.54, 1.807) is 0 Å². The molecule has 128 valence electrons. The molecule has 6 nitrogen and oxygen atoms in total. The monoisotopic (exact) mass is 354 g/mol. The zero-order valence-electron chi connectivity index (χ0n) is 13.8. The van der Waals surface area contributed by atoms with Gasteiger partial charge in [0.05, 0.1) is 18.7 Å². The Kier molecular flexibility index (Phi) is 4.10. The Labute approximate surface area is 150 Å². The molecule has 2 aliphatic rings. The predicted octanol–water partition coefficient (Wildman–Crippen LogP) is 1.73. The summed E-state index contributed by atoms with van der Waals surface area (Å²) in [5.74, 6) is 0.642. The first-order valence-corrected chi connectivity index (χ1v) is 8.59. The van der Waals surface area contributed by atoms with Crippen molar-refractivity contribution < 1.29 is 9.53 Å². The third-order valence-electron chi connectivity index (χ3n) is 4.31. The first-order valence-electron chi connectivity index (χ1n) is 8.18. The minimum Gasteiger partial charge on any atom is -0.378 e. The van der Waals surface area contributed by atoms with E-state index in [2.05, 4.69) is 46.7 Å². The molecule has 25 heavy (non-hydrogen) atoms. The molecular weight excluding hydrogens is 336 g/mol. The van der Waals surface area contributed by atoms with Gasteiger partial charge in [0, 0.05) is 24.0 Å². The second kappa shape index (κ2) is 6.42. The number of anilines is 1. The van der Waals surface area contributed by atoms with Gasteiger partial charge in [-0.25, -0.2) is 4.98 Å². The Morgan fingerprint density at radius 1 is 1.24 bits per heavy atom. The number of amides is 1. The summed E-state index contributed by atoms with van der Waals surface area (Å²) < 4.78 is 5.45. The molecule has 1 aromatic heterocycles. The summed E-state index contributed by atoms with van der Waals surface area (Å²) in [4.78, 5) is 19.1. The van der Waals surface area contributed by atoms with Crippen molar-refractivity contribution in [2.24, 2.45) is 0 Å². The van der Waals surface area contributed by atoms with Crippen LogP contribution in [0.4, 0.5) is 5.82 Å². The predicted molar refractivity (Wildman–Crippen MR) is 101 cm³/mol. The zero-order chi connectivity index (χ0) is 17.4. The molecule has 0 unspecified atom stereocenters. The van der Waals surface area contributed by atoms with E-state index in [9.17, 15) is 4.79 Å². The van der Waals surface area contributed by atoms with Gasteiger partial charge in [-0.3, -0.25) is 10.1 Å². The van der Waals surface area contributed by atoms with Gasteiger partial charge in [-0.15, -0.1) is 0 Å². The number of carbonyl (C=O) groups is 1. The lowest BCUT2D eigenvalue weighted by Crippen LogP contribution is -2.37. The average molecular weight is 354 g/mol. The van der Waals surface area contributed by atoms with Crippen molar-refractivity contribution in [2.75, 3.05) is 31.2 Å². The van der Waals surface area contributed by atoms with Crippen molar-refractivity contribution in [3.05, 3.63) is 41.1 Å². The number of benzene rings is 1. The van der Waals surface area contributed by atoms with Gasteiger partial charge >= 0.3 is 0 Å². The number of nitrogens with zero attached hydrogens (tertiary/aromatic N) is 2. The summed E-state index contributed by atoms with van der Waals surface area (Å²) in [6, 6.07) is 8.25. The lowest BCUT2D eigenvalue weighted by atomic mass is 10.1. The van der Waals surface area contributed by atoms with Crippen LogP contribution >= 0.6 is 12.2 Å². The number of hydrogen-bond donors (Lipinski definition) is 2. The lowest BCUT2D eigenvalue weighted by Gasteiger charge is -2.29. The number of nitrogens with one attached hydrogen (secondary N) is 2. The van der Waals surface area contributed by atoms with E-state index in [0.717, 1.165) is 35.4 Å². The highest BCUT2D eigenvalue weighted by Gasteiger charge is 2.22. The summed E-state index contributed by atoms with van der Waals surface area (Å²) >= 11 is 5.01. The van der Waals surface area contributed by atoms with E-state index in [1.807, 2.05) is 6.08 Å². The summed E-state index contributed by atoms with van der Waals surface area (Å²) in [7, 11) is 0. The molecule has 0 saturated carbocycles. The van der Waals surface area contributed by atoms with E-state index < -0.39 is 0 Å². The summed E-state index contributed by atoms with van der Waals surface area (Å²) in [6.07, 6.45) is 1.81. The maximum Gasteiger partial charge on any atom is 0.273 e. The number of carbonyl (C=O) groups excluding carboxylic acids is 1. The highest BCUT2D eigenvalue weighted by Crippen LogP contribution is 2.27. The topological polar surface area (TPSA) is 66.5 Å². The quantitative estimate of drug-likeness (QED) is 0.632. The Balaban J connectivity index is 1.85. The lowest BCUT2D eigenvalue weighted by molar-refractivity contribution is -0.115. The van der Waals surface area contributed by atoms with Crippen molar-refractivity contribution in [1.82, 2.24) is 15.6 Å². The standard InChI is InChI=1S/C18H18N4O2S/c1-11-2-3-12-9-13(10-15-17(23)21-18(25)20-15)16(19-14(12)8-11)22-4-6-24-7-5-22/h2-3,8-10H,4-7H2,1H3,(H2,20,21,23,25)/b15-10+. The van der Waals surface area contributed by atoms with Gasteiger partial charge in [-0.05, 0) is 42.9 Å². The van der Waals surface area contributed by atoms with Crippen LogP contribution in [0.25, 0.3) is 17.0 Å².